The van der Waals surface area contributed by atoms with E-state index in [0.717, 1.165) is 68.1 Å². The summed E-state index contributed by atoms with van der Waals surface area (Å²) < 4.78 is 3.87. The summed E-state index contributed by atoms with van der Waals surface area (Å²) in [6.45, 7) is 5.91. The number of anilines is 1. The Labute approximate surface area is 170 Å². The molecule has 1 saturated heterocycles. The summed E-state index contributed by atoms with van der Waals surface area (Å²) in [5.74, 6) is 1.81. The topological polar surface area (TPSA) is 59.2 Å². The third-order valence-electron chi connectivity index (χ3n) is 6.27. The van der Waals surface area contributed by atoms with Crippen LogP contribution >= 0.6 is 0 Å². The molecular weight excluding hydrogens is 364 g/mol. The van der Waals surface area contributed by atoms with E-state index in [1.54, 1.807) is 10.9 Å². The quantitative estimate of drug-likeness (QED) is 0.641. The molecule has 7 heteroatoms. The summed E-state index contributed by atoms with van der Waals surface area (Å²) in [6.07, 6.45) is 9.04. The molecular formula is C22H28N6O. The van der Waals surface area contributed by atoms with Crippen molar-refractivity contribution in [2.24, 2.45) is 13.0 Å². The van der Waals surface area contributed by atoms with E-state index >= 15 is 0 Å². The van der Waals surface area contributed by atoms with Gasteiger partial charge in [-0.05, 0) is 37.0 Å². The van der Waals surface area contributed by atoms with E-state index in [-0.39, 0.29) is 5.56 Å². The highest BCUT2D eigenvalue weighted by atomic mass is 16.1. The van der Waals surface area contributed by atoms with Crippen molar-refractivity contribution in [2.75, 3.05) is 37.6 Å². The van der Waals surface area contributed by atoms with Crippen molar-refractivity contribution in [1.82, 2.24) is 24.0 Å². The van der Waals surface area contributed by atoms with Crippen LogP contribution in [0.2, 0.25) is 0 Å². The molecule has 0 radical (unpaired) electrons. The minimum absolute atomic E-state index is 0.0903. The second kappa shape index (κ2) is 7.63. The SMILES string of the molecule is Cn1ccnc1CCN1CCN(c2ccc3c(=O)n(CC4CC4)cnc3c2)CC1. The number of rotatable bonds is 6. The Kier molecular flexibility index (Phi) is 4.83. The summed E-state index contributed by atoms with van der Waals surface area (Å²) in [4.78, 5) is 26.6. The Morgan fingerprint density at radius 2 is 1.93 bits per heavy atom. The average molecular weight is 393 g/mol. The van der Waals surface area contributed by atoms with Crippen LogP contribution in [-0.4, -0.2) is 56.7 Å². The number of hydrogen-bond donors (Lipinski definition) is 0. The number of piperazine rings is 1. The first-order chi connectivity index (χ1) is 14.2. The van der Waals surface area contributed by atoms with Crippen LogP contribution in [0.3, 0.4) is 0 Å². The van der Waals surface area contributed by atoms with Crippen LogP contribution in [0.15, 0.2) is 41.7 Å². The fraction of sp³-hybridized carbons (Fsp3) is 0.500. The molecule has 3 heterocycles. The predicted molar refractivity (Wildman–Crippen MR) is 114 cm³/mol. The standard InChI is InChI=1S/C22H28N6O/c1-25-9-7-23-21(25)6-8-26-10-12-27(13-11-26)18-4-5-19-20(14-18)24-16-28(22(19)29)15-17-2-3-17/h4-5,7,9,14,16-17H,2-3,6,8,10-13,15H2,1H3. The molecule has 0 spiro atoms. The van der Waals surface area contributed by atoms with E-state index in [2.05, 4.69) is 43.5 Å². The van der Waals surface area contributed by atoms with E-state index in [1.807, 2.05) is 18.5 Å². The van der Waals surface area contributed by atoms with Gasteiger partial charge in [-0.2, -0.15) is 0 Å². The van der Waals surface area contributed by atoms with E-state index < -0.39 is 0 Å². The Bertz CT molecular complexity index is 1060. The Morgan fingerprint density at radius 3 is 2.66 bits per heavy atom. The number of aryl methyl sites for hydroxylation is 1. The van der Waals surface area contributed by atoms with E-state index in [0.29, 0.717) is 5.92 Å². The normalized spacial score (nSPS) is 17.9. The molecule has 2 aromatic heterocycles. The van der Waals surface area contributed by atoms with Crippen LogP contribution in [0, 0.1) is 5.92 Å². The van der Waals surface area contributed by atoms with Crippen molar-refractivity contribution in [2.45, 2.75) is 25.8 Å². The van der Waals surface area contributed by atoms with Crippen molar-refractivity contribution in [1.29, 1.82) is 0 Å². The van der Waals surface area contributed by atoms with Crippen LogP contribution in [0.5, 0.6) is 0 Å². The molecule has 0 N–H and O–H groups in total. The second-order valence-corrected chi connectivity index (χ2v) is 8.38. The smallest absolute Gasteiger partial charge is 0.261 e. The maximum Gasteiger partial charge on any atom is 0.261 e. The van der Waals surface area contributed by atoms with Gasteiger partial charge in [0.1, 0.15) is 5.82 Å². The molecule has 1 aliphatic carbocycles. The van der Waals surface area contributed by atoms with Crippen LogP contribution < -0.4 is 10.5 Å². The molecule has 1 saturated carbocycles. The lowest BCUT2D eigenvalue weighted by atomic mass is 10.2. The van der Waals surface area contributed by atoms with Gasteiger partial charge in [-0.15, -0.1) is 0 Å². The van der Waals surface area contributed by atoms with Crippen LogP contribution in [0.1, 0.15) is 18.7 Å². The first kappa shape index (κ1) is 18.4. The van der Waals surface area contributed by atoms with Gasteiger partial charge >= 0.3 is 0 Å². The molecule has 0 bridgehead atoms. The predicted octanol–water partition coefficient (Wildman–Crippen LogP) is 1.90. The van der Waals surface area contributed by atoms with Crippen LogP contribution in [0.4, 0.5) is 5.69 Å². The summed E-state index contributed by atoms with van der Waals surface area (Å²) >= 11 is 0. The fourth-order valence-electron chi connectivity index (χ4n) is 4.18. The molecule has 2 aliphatic rings. The Morgan fingerprint density at radius 1 is 1.10 bits per heavy atom. The summed E-state index contributed by atoms with van der Waals surface area (Å²) in [7, 11) is 2.05. The van der Waals surface area contributed by atoms with Gasteiger partial charge in [0, 0.05) is 70.8 Å². The van der Waals surface area contributed by atoms with Crippen molar-refractivity contribution in [3.05, 3.63) is 53.1 Å². The average Bonchev–Trinajstić information content (AvgIpc) is 3.48. The largest absolute Gasteiger partial charge is 0.369 e. The molecule has 0 atom stereocenters. The first-order valence-electron chi connectivity index (χ1n) is 10.6. The van der Waals surface area contributed by atoms with Gasteiger partial charge in [-0.3, -0.25) is 14.3 Å². The minimum atomic E-state index is 0.0903. The third-order valence-corrected chi connectivity index (χ3v) is 6.27. The molecule has 1 aliphatic heterocycles. The molecule has 2 fully saturated rings. The maximum absolute atomic E-state index is 12.7. The molecule has 0 amide bonds. The zero-order chi connectivity index (χ0) is 19.8. The molecule has 0 unspecified atom stereocenters. The Balaban J connectivity index is 1.23. The number of imidazole rings is 1. The number of aromatic nitrogens is 4. The molecule has 5 rings (SSSR count). The van der Waals surface area contributed by atoms with E-state index in [1.165, 1.54) is 12.8 Å². The van der Waals surface area contributed by atoms with Gasteiger partial charge in [0.05, 0.1) is 17.2 Å². The zero-order valence-corrected chi connectivity index (χ0v) is 17.0. The van der Waals surface area contributed by atoms with E-state index in [4.69, 9.17) is 0 Å². The number of hydrogen-bond acceptors (Lipinski definition) is 5. The zero-order valence-electron chi connectivity index (χ0n) is 17.0. The minimum Gasteiger partial charge on any atom is -0.369 e. The van der Waals surface area contributed by atoms with Crippen molar-refractivity contribution < 1.29 is 0 Å². The molecule has 3 aromatic rings. The van der Waals surface area contributed by atoms with Crippen LogP contribution in [0.25, 0.3) is 10.9 Å². The third kappa shape index (κ3) is 3.92. The highest BCUT2D eigenvalue weighted by molar-refractivity contribution is 5.81. The van der Waals surface area contributed by atoms with Gasteiger partial charge in [-0.1, -0.05) is 0 Å². The van der Waals surface area contributed by atoms with Gasteiger partial charge in [0.25, 0.3) is 5.56 Å². The highest BCUT2D eigenvalue weighted by Gasteiger charge is 2.23. The molecule has 29 heavy (non-hydrogen) atoms. The van der Waals surface area contributed by atoms with Crippen LogP contribution in [-0.2, 0) is 20.0 Å². The maximum atomic E-state index is 12.7. The monoisotopic (exact) mass is 392 g/mol. The van der Waals surface area contributed by atoms with Gasteiger partial charge in [-0.25, -0.2) is 9.97 Å². The lowest BCUT2D eigenvalue weighted by Gasteiger charge is -2.36. The summed E-state index contributed by atoms with van der Waals surface area (Å²) in [6, 6.07) is 6.11. The highest BCUT2D eigenvalue weighted by Crippen LogP contribution is 2.30. The molecule has 7 nitrogen and oxygen atoms in total. The number of fused-ring (bicyclic) bond motifs is 1. The molecule has 1 aromatic carbocycles. The number of nitrogens with zero attached hydrogens (tertiary/aromatic N) is 6. The summed E-state index contributed by atoms with van der Waals surface area (Å²) in [5, 5.41) is 0.727. The second-order valence-electron chi connectivity index (χ2n) is 8.38. The summed E-state index contributed by atoms with van der Waals surface area (Å²) in [5.41, 5.74) is 2.05. The first-order valence-corrected chi connectivity index (χ1v) is 10.6. The van der Waals surface area contributed by atoms with Crippen molar-refractivity contribution in [3.63, 3.8) is 0 Å². The Hall–Kier alpha value is -2.67. The van der Waals surface area contributed by atoms with Gasteiger partial charge < -0.3 is 9.47 Å². The van der Waals surface area contributed by atoms with Crippen molar-refractivity contribution in [3.8, 4) is 0 Å². The molecule has 152 valence electrons. The van der Waals surface area contributed by atoms with Crippen molar-refractivity contribution >= 4 is 16.6 Å². The van der Waals surface area contributed by atoms with E-state index in [9.17, 15) is 4.79 Å². The fourth-order valence-corrected chi connectivity index (χ4v) is 4.18. The lowest BCUT2D eigenvalue weighted by Crippen LogP contribution is -2.47. The van der Waals surface area contributed by atoms with Gasteiger partial charge in [0.15, 0.2) is 0 Å². The van der Waals surface area contributed by atoms with Gasteiger partial charge in [0.2, 0.25) is 0 Å². The number of benzene rings is 1. The lowest BCUT2D eigenvalue weighted by molar-refractivity contribution is 0.259.